The normalized spacial score (nSPS) is 11.1. The van der Waals surface area contributed by atoms with Crippen LogP contribution in [-0.4, -0.2) is 23.6 Å². The number of hydrogen-bond donors (Lipinski definition) is 1. The van der Waals surface area contributed by atoms with Crippen molar-refractivity contribution >= 4 is 0 Å². The Balaban J connectivity index is 2.89. The van der Waals surface area contributed by atoms with E-state index in [9.17, 15) is 0 Å². The number of likely N-dealkylation sites (N-methyl/N-ethyl adjacent to an activating group) is 1. The van der Waals surface area contributed by atoms with Crippen LogP contribution >= 0.6 is 0 Å². The van der Waals surface area contributed by atoms with Crippen LogP contribution in [0.3, 0.4) is 0 Å². The molecule has 0 aliphatic rings. The molecule has 0 saturated carbocycles. The summed E-state index contributed by atoms with van der Waals surface area (Å²) in [6.45, 7) is 7.48. The molecular weight excluding hydrogens is 198 g/mol. The van der Waals surface area contributed by atoms with Crippen molar-refractivity contribution in [2.75, 3.05) is 13.6 Å². The molecule has 0 bridgehead atoms. The van der Waals surface area contributed by atoms with Gasteiger partial charge in [-0.2, -0.15) is 0 Å². The molecule has 1 heterocycles. The van der Waals surface area contributed by atoms with Crippen molar-refractivity contribution < 1.29 is 0 Å². The summed E-state index contributed by atoms with van der Waals surface area (Å²) in [7, 11) is 1.96. The molecule has 3 heteroatoms. The number of aromatic nitrogens is 2. The molecule has 0 aliphatic heterocycles. The zero-order chi connectivity index (χ0) is 12.0. The minimum atomic E-state index is 0.479. The molecule has 0 amide bonds. The first kappa shape index (κ1) is 13.1. The summed E-state index contributed by atoms with van der Waals surface area (Å²) in [4.78, 5) is 9.19. The molecule has 3 nitrogen and oxygen atoms in total. The number of rotatable bonds is 6. The van der Waals surface area contributed by atoms with Crippen molar-refractivity contribution in [1.29, 1.82) is 0 Å². The lowest BCUT2D eigenvalue weighted by molar-refractivity contribution is 0.714. The zero-order valence-corrected chi connectivity index (χ0v) is 10.9. The Morgan fingerprint density at radius 1 is 1.25 bits per heavy atom. The van der Waals surface area contributed by atoms with E-state index in [1.165, 1.54) is 11.4 Å². The van der Waals surface area contributed by atoms with E-state index >= 15 is 0 Å². The number of nitrogens with zero attached hydrogens (tertiary/aromatic N) is 2. The standard InChI is InChI=1S/C13H23N3/c1-5-6-11-9-12(10(2)3)16-13(15-11)7-8-14-4/h9-10,14H,5-8H2,1-4H3. The van der Waals surface area contributed by atoms with Gasteiger partial charge in [0.05, 0.1) is 0 Å². The molecule has 0 radical (unpaired) electrons. The lowest BCUT2D eigenvalue weighted by Gasteiger charge is -2.09. The minimum Gasteiger partial charge on any atom is -0.319 e. The Morgan fingerprint density at radius 3 is 2.56 bits per heavy atom. The van der Waals surface area contributed by atoms with Gasteiger partial charge in [0.2, 0.25) is 0 Å². The van der Waals surface area contributed by atoms with Gasteiger partial charge in [-0.05, 0) is 25.5 Å². The van der Waals surface area contributed by atoms with Crippen LogP contribution in [0.25, 0.3) is 0 Å². The Labute approximate surface area is 98.7 Å². The van der Waals surface area contributed by atoms with E-state index in [0.29, 0.717) is 5.92 Å². The second kappa shape index (κ2) is 6.59. The molecule has 0 saturated heterocycles. The van der Waals surface area contributed by atoms with Crippen molar-refractivity contribution in [2.45, 2.75) is 46.0 Å². The van der Waals surface area contributed by atoms with Crippen LogP contribution in [0.4, 0.5) is 0 Å². The molecule has 1 aromatic heterocycles. The molecule has 0 unspecified atom stereocenters. The predicted octanol–water partition coefficient (Wildman–Crippen LogP) is 2.31. The monoisotopic (exact) mass is 221 g/mol. The van der Waals surface area contributed by atoms with Crippen LogP contribution in [0.15, 0.2) is 6.07 Å². The van der Waals surface area contributed by atoms with Gasteiger partial charge >= 0.3 is 0 Å². The van der Waals surface area contributed by atoms with Gasteiger partial charge in [0.25, 0.3) is 0 Å². The maximum Gasteiger partial charge on any atom is 0.130 e. The van der Waals surface area contributed by atoms with Gasteiger partial charge in [0, 0.05) is 24.4 Å². The van der Waals surface area contributed by atoms with Crippen LogP contribution < -0.4 is 5.32 Å². The fourth-order valence-electron chi connectivity index (χ4n) is 1.60. The maximum atomic E-state index is 4.60. The molecule has 1 aromatic rings. The highest BCUT2D eigenvalue weighted by Crippen LogP contribution is 2.14. The Morgan fingerprint density at radius 2 is 2.00 bits per heavy atom. The van der Waals surface area contributed by atoms with Crippen LogP contribution in [0.2, 0.25) is 0 Å². The maximum absolute atomic E-state index is 4.60. The van der Waals surface area contributed by atoms with E-state index < -0.39 is 0 Å². The van der Waals surface area contributed by atoms with Gasteiger partial charge in [-0.3, -0.25) is 0 Å². The van der Waals surface area contributed by atoms with Gasteiger partial charge in [0.15, 0.2) is 0 Å². The quantitative estimate of drug-likeness (QED) is 0.801. The minimum absolute atomic E-state index is 0.479. The lowest BCUT2D eigenvalue weighted by Crippen LogP contribution is -2.14. The van der Waals surface area contributed by atoms with Gasteiger partial charge in [0.1, 0.15) is 5.82 Å². The summed E-state index contributed by atoms with van der Waals surface area (Å²) in [5.74, 6) is 1.45. The van der Waals surface area contributed by atoms with Gasteiger partial charge in [-0.1, -0.05) is 27.2 Å². The van der Waals surface area contributed by atoms with E-state index in [4.69, 9.17) is 0 Å². The summed E-state index contributed by atoms with van der Waals surface area (Å²) < 4.78 is 0. The molecule has 16 heavy (non-hydrogen) atoms. The number of nitrogens with one attached hydrogen (secondary N) is 1. The summed E-state index contributed by atoms with van der Waals surface area (Å²) in [6.07, 6.45) is 3.10. The first-order chi connectivity index (χ1) is 7.67. The van der Waals surface area contributed by atoms with Gasteiger partial charge in [-0.25, -0.2) is 9.97 Å². The Hall–Kier alpha value is -0.960. The second-order valence-electron chi connectivity index (χ2n) is 4.46. The van der Waals surface area contributed by atoms with Crippen molar-refractivity contribution in [3.63, 3.8) is 0 Å². The summed E-state index contributed by atoms with van der Waals surface area (Å²) in [5.41, 5.74) is 2.36. The van der Waals surface area contributed by atoms with Crippen LogP contribution in [-0.2, 0) is 12.8 Å². The van der Waals surface area contributed by atoms with E-state index in [2.05, 4.69) is 42.1 Å². The third kappa shape index (κ3) is 3.89. The molecule has 0 fully saturated rings. The van der Waals surface area contributed by atoms with E-state index in [1.807, 2.05) is 7.05 Å². The van der Waals surface area contributed by atoms with Crippen LogP contribution in [0.1, 0.15) is 50.3 Å². The molecule has 1 rings (SSSR count). The third-order valence-corrected chi connectivity index (χ3v) is 2.54. The fraction of sp³-hybridized carbons (Fsp3) is 0.692. The molecular formula is C13H23N3. The van der Waals surface area contributed by atoms with Gasteiger partial charge in [-0.15, -0.1) is 0 Å². The highest BCUT2D eigenvalue weighted by molar-refractivity contribution is 5.14. The van der Waals surface area contributed by atoms with E-state index in [1.54, 1.807) is 0 Å². The smallest absolute Gasteiger partial charge is 0.130 e. The van der Waals surface area contributed by atoms with Crippen molar-refractivity contribution in [2.24, 2.45) is 0 Å². The Bertz CT molecular complexity index is 321. The highest BCUT2D eigenvalue weighted by atomic mass is 14.9. The first-order valence-electron chi connectivity index (χ1n) is 6.18. The zero-order valence-electron chi connectivity index (χ0n) is 10.9. The third-order valence-electron chi connectivity index (χ3n) is 2.54. The molecule has 0 spiro atoms. The molecule has 0 aromatic carbocycles. The summed E-state index contributed by atoms with van der Waals surface area (Å²) >= 11 is 0. The van der Waals surface area contributed by atoms with Crippen molar-refractivity contribution in [3.05, 3.63) is 23.3 Å². The second-order valence-corrected chi connectivity index (χ2v) is 4.46. The predicted molar refractivity (Wildman–Crippen MR) is 67.7 cm³/mol. The molecule has 0 atom stereocenters. The van der Waals surface area contributed by atoms with Crippen molar-refractivity contribution in [1.82, 2.24) is 15.3 Å². The lowest BCUT2D eigenvalue weighted by atomic mass is 10.1. The average Bonchev–Trinajstić information content (AvgIpc) is 2.26. The molecule has 0 aliphatic carbocycles. The van der Waals surface area contributed by atoms with Crippen LogP contribution in [0, 0.1) is 0 Å². The number of aryl methyl sites for hydroxylation is 1. The summed E-state index contributed by atoms with van der Waals surface area (Å²) in [5, 5.41) is 3.14. The Kier molecular flexibility index (Phi) is 5.39. The van der Waals surface area contributed by atoms with Crippen LogP contribution in [0.5, 0.6) is 0 Å². The largest absolute Gasteiger partial charge is 0.319 e. The molecule has 1 N–H and O–H groups in total. The summed E-state index contributed by atoms with van der Waals surface area (Å²) in [6, 6.07) is 2.15. The van der Waals surface area contributed by atoms with E-state index in [-0.39, 0.29) is 0 Å². The SMILES string of the molecule is CCCc1cc(C(C)C)nc(CCNC)n1. The first-order valence-corrected chi connectivity index (χ1v) is 6.18. The van der Waals surface area contributed by atoms with Gasteiger partial charge < -0.3 is 5.32 Å². The van der Waals surface area contributed by atoms with Crippen molar-refractivity contribution in [3.8, 4) is 0 Å². The topological polar surface area (TPSA) is 37.8 Å². The fourth-order valence-corrected chi connectivity index (χ4v) is 1.60. The van der Waals surface area contributed by atoms with E-state index in [0.717, 1.165) is 31.6 Å². The average molecular weight is 221 g/mol. The number of hydrogen-bond acceptors (Lipinski definition) is 3. The molecule has 90 valence electrons. The highest BCUT2D eigenvalue weighted by Gasteiger charge is 2.07.